The number of nitrogen functional groups attached to an aromatic ring is 1. The Hall–Kier alpha value is -11.8. The molecule has 3 aromatic heterocycles. The fraction of sp³-hybridized carbons (Fsp3) is 0.352. The molecule has 12 rings (SSSR count). The number of nitrogens with zero attached hydrogens (tertiary/aromatic N) is 13. The summed E-state index contributed by atoms with van der Waals surface area (Å²) in [4.78, 5) is 122. The lowest BCUT2D eigenvalue weighted by Gasteiger charge is -2.34. The maximum atomic E-state index is 13.6. The highest BCUT2D eigenvalue weighted by Crippen LogP contribution is 2.45. The van der Waals surface area contributed by atoms with Gasteiger partial charge in [-0.2, -0.15) is 55.8 Å². The summed E-state index contributed by atoms with van der Waals surface area (Å²) >= 11 is 4.71. The lowest BCUT2D eigenvalue weighted by molar-refractivity contribution is -0.384. The number of nitro benzene ring substituents is 1. The second-order valence-corrected chi connectivity index (χ2v) is 30.8. The molecule has 36 heteroatoms. The van der Waals surface area contributed by atoms with Crippen molar-refractivity contribution in [1.29, 1.82) is 0 Å². The number of hydrogen-bond donors (Lipinski definition) is 9. The van der Waals surface area contributed by atoms with Gasteiger partial charge in [0.2, 0.25) is 11.1 Å². The van der Waals surface area contributed by atoms with Gasteiger partial charge in [0.25, 0.3) is 23.4 Å². The highest BCUT2D eigenvalue weighted by molar-refractivity contribution is 7.59. The van der Waals surface area contributed by atoms with Crippen LogP contribution in [0.1, 0.15) is 163 Å². The van der Waals surface area contributed by atoms with Crippen LogP contribution in [0.5, 0.6) is 0 Å². The summed E-state index contributed by atoms with van der Waals surface area (Å²) in [6, 6.07) is 47.1. The maximum absolute atomic E-state index is 13.6. The second-order valence-electron chi connectivity index (χ2n) is 30.4. The molecule has 0 saturated carbocycles. The van der Waals surface area contributed by atoms with Crippen LogP contribution in [0.15, 0.2) is 189 Å². The molecular formula is C88H124ClN21O11S3. The van der Waals surface area contributed by atoms with Crippen LogP contribution in [0.4, 0.5) is 48.9 Å². The highest BCUT2D eigenvalue weighted by atomic mass is 35.5. The molecule has 0 bridgehead atoms. The summed E-state index contributed by atoms with van der Waals surface area (Å²) in [6.45, 7) is 21.2. The van der Waals surface area contributed by atoms with Crippen LogP contribution in [-0.4, -0.2) is 185 Å². The Balaban J connectivity index is 0.000000593. The standard InChI is InChI=1S/C29H35N7O3.C26H31N7O4.C26H33N7O2.C3H3ClO.CH4O.3CH4.3H2S/c1-7-24(37)30-21-15-13-20(14-16-21)27(38)32-26-22-17-36(29(2,3)25(22)35(6)33-26)28(39)31-23(18-34(4)5)19-11-9-8-10-12-19;1-26(2)22-20(15-32(26)25(35)27-21(16-30(3)4)17-9-7-6-8-10-17)23(29-31(22)5)28-24(34)18-11-13-19(14-12-18)33(36)37;1-26(2)22-20(23(30-32(22)5)29-24(34)18-11-13-19(27)14-12-18)15-33(26)25(35)28-21(16-31(3)4)17-9-7-6-8-10-17;1-2-3(4)5;1-2;;;;;;/h7-16,23H,1,17-18H2,2-6H3,(H,30,37)(H,31,39)(H,32,33,38);6-14,21H,15-16H2,1-5H3,(H,27,35)(H,28,29,34);6-14,21H,15-16,27H2,1-5H3,(H,28,35)(H,29,30,34);2H,1H2;2H,1H3;3*1H4;3*1H2/t23-;2*21-;;;;;;;;/m111......../s1. The summed E-state index contributed by atoms with van der Waals surface area (Å²) in [6.07, 6.45) is 2.22. The lowest BCUT2D eigenvalue weighted by Crippen LogP contribution is -2.49. The van der Waals surface area contributed by atoms with Gasteiger partial charge in [-0.05, 0) is 185 Å². The van der Waals surface area contributed by atoms with E-state index >= 15 is 0 Å². The molecule has 6 heterocycles. The number of aliphatic hydroxyl groups is 1. The van der Waals surface area contributed by atoms with E-state index in [4.69, 9.17) is 22.4 Å². The van der Waals surface area contributed by atoms with E-state index < -0.39 is 32.7 Å². The Bertz CT molecular complexity index is 5090. The van der Waals surface area contributed by atoms with Gasteiger partial charge in [0.1, 0.15) is 0 Å². The first-order chi connectivity index (χ1) is 55.8. The number of amides is 10. The smallest absolute Gasteiger partial charge is 0.319 e. The molecule has 0 saturated heterocycles. The minimum atomic E-state index is -0.684. The fourth-order valence-electron chi connectivity index (χ4n) is 14.5. The largest absolute Gasteiger partial charge is 0.400 e. The molecule has 9 aromatic rings. The summed E-state index contributed by atoms with van der Waals surface area (Å²) in [5.41, 5.74) is 14.0. The monoisotopic (exact) mass is 1780 g/mol. The van der Waals surface area contributed by atoms with Crippen molar-refractivity contribution in [3.8, 4) is 0 Å². The van der Waals surface area contributed by atoms with Gasteiger partial charge < -0.3 is 77.5 Å². The van der Waals surface area contributed by atoms with E-state index in [2.05, 4.69) is 70.6 Å². The molecule has 3 aliphatic heterocycles. The first-order valence-corrected chi connectivity index (χ1v) is 38.1. The molecule has 3 aliphatic rings. The number of halogens is 1. The number of non-ortho nitro benzene ring substituents is 1. The first-order valence-electron chi connectivity index (χ1n) is 37.7. The third-order valence-electron chi connectivity index (χ3n) is 20.0. The number of likely N-dealkylation sites (N-methyl/N-ethyl adjacent to an activating group) is 3. The number of nitro groups is 1. The predicted octanol–water partition coefficient (Wildman–Crippen LogP) is 13.6. The molecule has 0 aliphatic carbocycles. The van der Waals surface area contributed by atoms with Crippen LogP contribution in [0.3, 0.4) is 0 Å². The number of aromatic nitrogens is 6. The molecule has 0 unspecified atom stereocenters. The van der Waals surface area contributed by atoms with Crippen molar-refractivity contribution in [3.63, 3.8) is 0 Å². The van der Waals surface area contributed by atoms with Crippen LogP contribution < -0.4 is 43.0 Å². The molecule has 10 N–H and O–H groups in total. The average molecular weight is 1780 g/mol. The maximum Gasteiger partial charge on any atom is 0.319 e. The van der Waals surface area contributed by atoms with Crippen LogP contribution >= 0.6 is 52.1 Å². The molecule has 32 nitrogen and oxygen atoms in total. The van der Waals surface area contributed by atoms with Gasteiger partial charge in [0.05, 0.1) is 76.4 Å². The highest BCUT2D eigenvalue weighted by Gasteiger charge is 2.49. The van der Waals surface area contributed by atoms with Crippen LogP contribution in [0.25, 0.3) is 0 Å². The molecular weight excluding hydrogens is 1660 g/mol. The van der Waals surface area contributed by atoms with E-state index in [9.17, 15) is 48.5 Å². The minimum absolute atomic E-state index is 0. The number of aliphatic hydroxyl groups excluding tert-OH is 1. The van der Waals surface area contributed by atoms with Crippen molar-refractivity contribution in [2.24, 2.45) is 21.1 Å². The van der Waals surface area contributed by atoms with Crippen molar-refractivity contribution in [1.82, 2.24) is 74.7 Å². The SMILES string of the molecule is C.C.C.C=CC(=O)Cl.C=CC(=O)Nc1ccc(C(=O)Nc2nn(C)c3c2CN(C(=O)N[C@H](CN(C)C)c2ccccc2)C3(C)C)cc1.CN(C)C[C@@H](NC(=O)N1Cc2c(NC(=O)c3ccc(N)cc3)nn(C)c2C1(C)C)c1ccccc1.CN(C)C[C@@H](NC(=O)N1Cc2c(NC(=O)c3ccc([N+](=O)[O-])cc3)nn(C)c2C1(C)C)c1ccccc1.CO.S.S.S. The Morgan fingerprint density at radius 1 is 0.468 bits per heavy atom. The number of fused-ring (bicyclic) bond motifs is 3. The van der Waals surface area contributed by atoms with E-state index in [1.807, 2.05) is 199 Å². The van der Waals surface area contributed by atoms with E-state index in [0.29, 0.717) is 72.7 Å². The average Bonchev–Trinajstić information content (AvgIpc) is 1.59. The number of rotatable bonds is 22. The number of aryl methyl sites for hydroxylation is 3. The number of anilines is 5. The number of benzene rings is 6. The summed E-state index contributed by atoms with van der Waals surface area (Å²) in [5, 5.41) is 51.9. The number of allylic oxidation sites excluding steroid dienone is 1. The molecule has 6 aromatic carbocycles. The number of carbonyl (C=O) groups excluding carboxylic acids is 8. The number of hydrogen-bond acceptors (Lipinski definition) is 18. The zero-order chi connectivity index (χ0) is 86.8. The van der Waals surface area contributed by atoms with Crippen molar-refractivity contribution in [2.45, 2.75) is 118 Å². The van der Waals surface area contributed by atoms with Crippen molar-refractivity contribution < 1.29 is 48.4 Å². The molecule has 10 amide bonds. The topological polar surface area (TPSA) is 383 Å². The third kappa shape index (κ3) is 26.6. The molecule has 0 spiro atoms. The van der Waals surface area contributed by atoms with Crippen molar-refractivity contribution in [3.05, 3.63) is 266 Å². The van der Waals surface area contributed by atoms with E-state index in [1.54, 1.807) is 84.3 Å². The van der Waals surface area contributed by atoms with Gasteiger partial charge >= 0.3 is 18.1 Å². The number of nitrogens with two attached hydrogens (primary N) is 1. The van der Waals surface area contributed by atoms with Gasteiger partial charge in [0.15, 0.2) is 17.5 Å². The summed E-state index contributed by atoms with van der Waals surface area (Å²) in [5.74, 6) is -0.151. The van der Waals surface area contributed by atoms with Gasteiger partial charge in [0, 0.05) is 105 Å². The summed E-state index contributed by atoms with van der Waals surface area (Å²) in [7, 11) is 18.3. The quantitative estimate of drug-likeness (QED) is 0.0100. The lowest BCUT2D eigenvalue weighted by atomic mass is 10.0. The number of carbonyl (C=O) groups is 8. The summed E-state index contributed by atoms with van der Waals surface area (Å²) < 4.78 is 5.15. The molecule has 0 radical (unpaired) electrons. The molecule has 0 fully saturated rings. The zero-order valence-corrected chi connectivity index (χ0v) is 74.7. The normalized spacial score (nSPS) is 13.5. The zero-order valence-electron chi connectivity index (χ0n) is 70.9. The Labute approximate surface area is 753 Å². The van der Waals surface area contributed by atoms with E-state index in [1.165, 1.54) is 30.3 Å². The Morgan fingerprint density at radius 2 is 0.726 bits per heavy atom. The molecule has 672 valence electrons. The fourth-order valence-corrected chi connectivity index (χ4v) is 14.5. The van der Waals surface area contributed by atoms with Crippen LogP contribution in [-0.2, 0) is 67.0 Å². The van der Waals surface area contributed by atoms with Gasteiger partial charge in [-0.3, -0.25) is 48.1 Å². The van der Waals surface area contributed by atoms with Gasteiger partial charge in [-0.25, -0.2) is 14.4 Å². The minimum Gasteiger partial charge on any atom is -0.400 e. The first kappa shape index (κ1) is 108. The number of urea groups is 3. The van der Waals surface area contributed by atoms with Crippen LogP contribution in [0.2, 0.25) is 0 Å². The number of nitrogens with one attached hydrogen (secondary N) is 7. The Morgan fingerprint density at radius 3 is 0.968 bits per heavy atom. The van der Waals surface area contributed by atoms with E-state index in [-0.39, 0.29) is 135 Å². The molecule has 3 atom stereocenters. The van der Waals surface area contributed by atoms with Crippen molar-refractivity contribution >= 4 is 134 Å². The Kier molecular flexibility index (Phi) is 41.6. The van der Waals surface area contributed by atoms with E-state index in [0.717, 1.165) is 63.6 Å². The second kappa shape index (κ2) is 47.7. The van der Waals surface area contributed by atoms with Crippen LogP contribution in [0, 0.1) is 10.1 Å². The van der Waals surface area contributed by atoms with Crippen molar-refractivity contribution in [2.75, 3.05) is 96.0 Å². The van der Waals surface area contributed by atoms with Gasteiger partial charge in [-0.1, -0.05) is 126 Å². The predicted molar refractivity (Wildman–Crippen MR) is 508 cm³/mol. The third-order valence-corrected chi connectivity index (χ3v) is 20.1. The molecule has 124 heavy (non-hydrogen) atoms. The van der Waals surface area contributed by atoms with Gasteiger partial charge in [-0.15, -0.1) is 0 Å².